The topological polar surface area (TPSA) is 92.8 Å². The van der Waals surface area contributed by atoms with E-state index in [1.165, 1.54) is 6.92 Å². The summed E-state index contributed by atoms with van der Waals surface area (Å²) in [5, 5.41) is 3.28. The summed E-state index contributed by atoms with van der Waals surface area (Å²) in [5.74, 6) is -2.50. The Morgan fingerprint density at radius 2 is 1.79 bits per heavy atom. The Labute approximate surface area is 174 Å². The van der Waals surface area contributed by atoms with Crippen molar-refractivity contribution >= 4 is 35.3 Å². The maximum atomic E-state index is 12.6. The van der Waals surface area contributed by atoms with Gasteiger partial charge in [-0.05, 0) is 44.4 Å². The SMILES string of the molecule is C[C@@H](NC(=O)COC(=O)[C@H](C)N1C(=O)[C@H]2CCCC[C@@H]2C1=O)c1cccc(Cl)c1. The lowest BCUT2D eigenvalue weighted by atomic mass is 9.81. The molecular formula is C21H25ClN2O5. The first kappa shape index (κ1) is 21.3. The summed E-state index contributed by atoms with van der Waals surface area (Å²) in [6, 6.07) is 5.73. The normalized spacial score (nSPS) is 23.3. The van der Waals surface area contributed by atoms with Gasteiger partial charge in [-0.25, -0.2) is 4.79 Å². The second-order valence-corrected chi connectivity index (χ2v) is 8.11. The number of benzene rings is 1. The number of carbonyl (C=O) groups excluding carboxylic acids is 4. The van der Waals surface area contributed by atoms with Crippen molar-refractivity contribution in [1.29, 1.82) is 0 Å². The molecule has 0 unspecified atom stereocenters. The van der Waals surface area contributed by atoms with Gasteiger partial charge in [0, 0.05) is 5.02 Å². The molecule has 29 heavy (non-hydrogen) atoms. The van der Waals surface area contributed by atoms with Crippen LogP contribution in [0.2, 0.25) is 5.02 Å². The zero-order chi connectivity index (χ0) is 21.1. The number of ether oxygens (including phenoxy) is 1. The van der Waals surface area contributed by atoms with Crippen LogP contribution in [0, 0.1) is 11.8 Å². The molecule has 1 aromatic carbocycles. The molecule has 8 heteroatoms. The molecule has 2 fully saturated rings. The summed E-state index contributed by atoms with van der Waals surface area (Å²) >= 11 is 5.95. The minimum atomic E-state index is -1.04. The van der Waals surface area contributed by atoms with Crippen molar-refractivity contribution in [2.24, 2.45) is 11.8 Å². The van der Waals surface area contributed by atoms with Gasteiger partial charge in [0.2, 0.25) is 11.8 Å². The van der Waals surface area contributed by atoms with E-state index in [1.807, 2.05) is 6.07 Å². The van der Waals surface area contributed by atoms with Gasteiger partial charge in [-0.1, -0.05) is 36.6 Å². The van der Waals surface area contributed by atoms with Crippen molar-refractivity contribution in [3.05, 3.63) is 34.9 Å². The highest BCUT2D eigenvalue weighted by Crippen LogP contribution is 2.38. The van der Waals surface area contributed by atoms with E-state index in [2.05, 4.69) is 5.32 Å². The van der Waals surface area contributed by atoms with Gasteiger partial charge in [-0.3, -0.25) is 19.3 Å². The molecule has 7 nitrogen and oxygen atoms in total. The van der Waals surface area contributed by atoms with Crippen molar-refractivity contribution < 1.29 is 23.9 Å². The Kier molecular flexibility index (Phi) is 6.57. The quantitative estimate of drug-likeness (QED) is 0.564. The molecule has 1 heterocycles. The van der Waals surface area contributed by atoms with Crippen LogP contribution in [0.25, 0.3) is 0 Å². The average Bonchev–Trinajstić information content (AvgIpc) is 2.96. The standard InChI is InChI=1S/C21H25ClN2O5/c1-12(14-6-5-7-15(22)10-14)23-18(25)11-29-21(28)13(2)24-19(26)16-8-3-4-9-17(16)20(24)27/h5-7,10,12-13,16-17H,3-4,8-9,11H2,1-2H3,(H,23,25)/t12-,13+,16+,17+/m1/s1. The number of likely N-dealkylation sites (tertiary alicyclic amines) is 1. The Balaban J connectivity index is 1.52. The van der Waals surface area contributed by atoms with Crippen LogP contribution >= 0.6 is 11.6 Å². The monoisotopic (exact) mass is 420 g/mol. The number of carbonyl (C=O) groups is 4. The smallest absolute Gasteiger partial charge is 0.329 e. The van der Waals surface area contributed by atoms with Crippen LogP contribution in [-0.2, 0) is 23.9 Å². The molecule has 1 aromatic rings. The number of amides is 3. The molecule has 4 atom stereocenters. The van der Waals surface area contributed by atoms with Gasteiger partial charge in [0.1, 0.15) is 6.04 Å². The first-order chi connectivity index (χ1) is 13.8. The lowest BCUT2D eigenvalue weighted by molar-refractivity contribution is -0.159. The molecule has 2 aliphatic rings. The third-order valence-corrected chi connectivity index (χ3v) is 5.91. The largest absolute Gasteiger partial charge is 0.454 e. The van der Waals surface area contributed by atoms with Gasteiger partial charge >= 0.3 is 5.97 Å². The van der Waals surface area contributed by atoms with Crippen molar-refractivity contribution in [2.45, 2.75) is 51.6 Å². The summed E-state index contributed by atoms with van der Waals surface area (Å²) in [5.41, 5.74) is 0.821. The number of imide groups is 1. The fraction of sp³-hybridized carbons (Fsp3) is 0.524. The highest BCUT2D eigenvalue weighted by molar-refractivity contribution is 6.30. The number of hydrogen-bond donors (Lipinski definition) is 1. The zero-order valence-corrected chi connectivity index (χ0v) is 17.3. The van der Waals surface area contributed by atoms with Crippen LogP contribution < -0.4 is 5.32 Å². The first-order valence-corrected chi connectivity index (χ1v) is 10.3. The summed E-state index contributed by atoms with van der Waals surface area (Å²) in [4.78, 5) is 50.7. The van der Waals surface area contributed by atoms with Crippen molar-refractivity contribution in [1.82, 2.24) is 10.2 Å². The Bertz CT molecular complexity index is 803. The average molecular weight is 421 g/mol. The van der Waals surface area contributed by atoms with E-state index >= 15 is 0 Å². The van der Waals surface area contributed by atoms with Crippen molar-refractivity contribution in [2.75, 3.05) is 6.61 Å². The van der Waals surface area contributed by atoms with E-state index in [4.69, 9.17) is 16.3 Å². The summed E-state index contributed by atoms with van der Waals surface area (Å²) in [6.45, 7) is 2.76. The van der Waals surface area contributed by atoms with Gasteiger partial charge in [-0.15, -0.1) is 0 Å². The number of rotatable bonds is 6. The van der Waals surface area contributed by atoms with Crippen LogP contribution in [0.4, 0.5) is 0 Å². The van der Waals surface area contributed by atoms with Gasteiger partial charge in [-0.2, -0.15) is 0 Å². The summed E-state index contributed by atoms with van der Waals surface area (Å²) in [7, 11) is 0. The molecule has 3 amide bonds. The molecule has 1 saturated heterocycles. The molecule has 0 aromatic heterocycles. The molecule has 0 radical (unpaired) electrons. The van der Waals surface area contributed by atoms with Gasteiger partial charge < -0.3 is 10.1 Å². The van der Waals surface area contributed by atoms with Crippen molar-refractivity contribution in [3.8, 4) is 0 Å². The Morgan fingerprint density at radius 1 is 1.17 bits per heavy atom. The fourth-order valence-electron chi connectivity index (χ4n) is 4.07. The Hall–Kier alpha value is -2.41. The van der Waals surface area contributed by atoms with Crippen LogP contribution in [-0.4, -0.2) is 41.2 Å². The second-order valence-electron chi connectivity index (χ2n) is 7.67. The van der Waals surface area contributed by atoms with Gasteiger partial charge in [0.05, 0.1) is 17.9 Å². The Morgan fingerprint density at radius 3 is 2.38 bits per heavy atom. The summed E-state index contributed by atoms with van der Waals surface area (Å²) in [6.07, 6.45) is 3.18. The minimum absolute atomic E-state index is 0.303. The lowest BCUT2D eigenvalue weighted by Crippen LogP contribution is -2.45. The number of fused-ring (bicyclic) bond motifs is 1. The van der Waals surface area contributed by atoms with Crippen LogP contribution in [0.1, 0.15) is 51.1 Å². The maximum absolute atomic E-state index is 12.6. The lowest BCUT2D eigenvalue weighted by Gasteiger charge is -2.21. The van der Waals surface area contributed by atoms with Crippen LogP contribution in [0.3, 0.4) is 0 Å². The van der Waals surface area contributed by atoms with Crippen molar-refractivity contribution in [3.63, 3.8) is 0 Å². The predicted octanol–water partition coefficient (Wildman–Crippen LogP) is 2.62. The molecule has 156 valence electrons. The van der Waals surface area contributed by atoms with E-state index < -0.39 is 24.5 Å². The van der Waals surface area contributed by atoms with E-state index in [1.54, 1.807) is 25.1 Å². The third kappa shape index (κ3) is 4.61. The molecule has 1 N–H and O–H groups in total. The summed E-state index contributed by atoms with van der Waals surface area (Å²) < 4.78 is 5.07. The molecule has 0 spiro atoms. The molecule has 1 aliphatic heterocycles. The third-order valence-electron chi connectivity index (χ3n) is 5.68. The minimum Gasteiger partial charge on any atom is -0.454 e. The van der Waals surface area contributed by atoms with Gasteiger partial charge in [0.15, 0.2) is 6.61 Å². The second kappa shape index (κ2) is 8.95. The number of esters is 1. The van der Waals surface area contributed by atoms with Crippen LogP contribution in [0.15, 0.2) is 24.3 Å². The van der Waals surface area contributed by atoms with Gasteiger partial charge in [0.25, 0.3) is 5.91 Å². The van der Waals surface area contributed by atoms with Crippen LogP contribution in [0.5, 0.6) is 0 Å². The highest BCUT2D eigenvalue weighted by atomic mass is 35.5. The number of hydrogen-bond acceptors (Lipinski definition) is 5. The van der Waals surface area contributed by atoms with E-state index in [-0.39, 0.29) is 29.7 Å². The first-order valence-electron chi connectivity index (χ1n) is 9.88. The van der Waals surface area contributed by atoms with E-state index in [0.29, 0.717) is 17.9 Å². The van der Waals surface area contributed by atoms with E-state index in [0.717, 1.165) is 23.3 Å². The number of halogens is 1. The molecule has 1 aliphatic carbocycles. The number of nitrogens with zero attached hydrogens (tertiary/aromatic N) is 1. The maximum Gasteiger partial charge on any atom is 0.329 e. The predicted molar refractivity (Wildman–Crippen MR) is 106 cm³/mol. The zero-order valence-electron chi connectivity index (χ0n) is 16.5. The fourth-order valence-corrected chi connectivity index (χ4v) is 4.27. The molecule has 0 bridgehead atoms. The number of nitrogens with one attached hydrogen (secondary N) is 1. The molecular weight excluding hydrogens is 396 g/mol. The molecule has 1 saturated carbocycles. The highest BCUT2D eigenvalue weighted by Gasteiger charge is 2.51. The van der Waals surface area contributed by atoms with E-state index in [9.17, 15) is 19.2 Å². The molecule has 3 rings (SSSR count).